The standard InChI is InChI=1S/C21H19N5O/c22-15-17-8-4-10-18(14-17)25-21-24-13-11-19(26-21)20(27)23-12-5-9-16-6-2-1-3-7-16/h1-4,6-8,10-11,13-14H,5,9,12H2,(H,23,27)(H,24,25,26). The number of rotatable bonds is 7. The van der Waals surface area contributed by atoms with E-state index in [0.717, 1.165) is 12.8 Å². The zero-order valence-electron chi connectivity index (χ0n) is 14.7. The maximum atomic E-state index is 12.3. The minimum absolute atomic E-state index is 0.237. The summed E-state index contributed by atoms with van der Waals surface area (Å²) in [6, 6.07) is 20.8. The van der Waals surface area contributed by atoms with Crippen molar-refractivity contribution in [2.45, 2.75) is 12.8 Å². The molecule has 0 fully saturated rings. The van der Waals surface area contributed by atoms with Gasteiger partial charge in [0.15, 0.2) is 0 Å². The van der Waals surface area contributed by atoms with Crippen molar-refractivity contribution in [2.24, 2.45) is 0 Å². The Balaban J connectivity index is 1.54. The largest absolute Gasteiger partial charge is 0.351 e. The topological polar surface area (TPSA) is 90.7 Å². The quantitative estimate of drug-likeness (QED) is 0.632. The predicted molar refractivity (Wildman–Crippen MR) is 104 cm³/mol. The van der Waals surface area contributed by atoms with Crippen LogP contribution in [0.25, 0.3) is 0 Å². The van der Waals surface area contributed by atoms with Crippen molar-refractivity contribution in [3.63, 3.8) is 0 Å². The van der Waals surface area contributed by atoms with Crippen molar-refractivity contribution < 1.29 is 4.79 Å². The number of nitrogens with zero attached hydrogens (tertiary/aromatic N) is 3. The molecule has 1 amide bonds. The van der Waals surface area contributed by atoms with E-state index < -0.39 is 0 Å². The molecule has 2 aromatic carbocycles. The Kier molecular flexibility index (Phi) is 6.10. The first-order valence-corrected chi connectivity index (χ1v) is 8.67. The summed E-state index contributed by atoms with van der Waals surface area (Å²) in [5.74, 6) is 0.0707. The maximum absolute atomic E-state index is 12.3. The molecule has 0 saturated carbocycles. The predicted octanol–water partition coefficient (Wildman–Crippen LogP) is 3.45. The first-order chi connectivity index (χ1) is 13.2. The fraction of sp³-hybridized carbons (Fsp3) is 0.143. The van der Waals surface area contributed by atoms with Gasteiger partial charge in [0.2, 0.25) is 5.95 Å². The van der Waals surface area contributed by atoms with Crippen LogP contribution in [0.4, 0.5) is 11.6 Å². The molecule has 0 aliphatic carbocycles. The molecule has 3 aromatic rings. The number of carbonyl (C=O) groups excluding carboxylic acids is 1. The minimum atomic E-state index is -0.237. The Hall–Kier alpha value is -3.72. The number of anilines is 2. The number of nitrogens with one attached hydrogen (secondary N) is 2. The van der Waals surface area contributed by atoms with E-state index in [9.17, 15) is 4.79 Å². The van der Waals surface area contributed by atoms with Gasteiger partial charge in [-0.05, 0) is 42.7 Å². The molecule has 2 N–H and O–H groups in total. The van der Waals surface area contributed by atoms with E-state index in [1.807, 2.05) is 18.2 Å². The molecule has 0 aliphatic heterocycles. The highest BCUT2D eigenvalue weighted by atomic mass is 16.1. The van der Waals surface area contributed by atoms with Crippen LogP contribution in [0, 0.1) is 11.3 Å². The molecule has 1 heterocycles. The highest BCUT2D eigenvalue weighted by molar-refractivity contribution is 5.92. The Morgan fingerprint density at radius 1 is 1.07 bits per heavy atom. The lowest BCUT2D eigenvalue weighted by atomic mass is 10.1. The number of amides is 1. The number of hydrogen-bond donors (Lipinski definition) is 2. The molecule has 134 valence electrons. The normalized spacial score (nSPS) is 10.0. The Morgan fingerprint density at radius 2 is 1.93 bits per heavy atom. The van der Waals surface area contributed by atoms with Gasteiger partial charge in [-0.2, -0.15) is 5.26 Å². The molecule has 27 heavy (non-hydrogen) atoms. The Labute approximate surface area is 157 Å². The van der Waals surface area contributed by atoms with Gasteiger partial charge in [0.25, 0.3) is 5.91 Å². The first-order valence-electron chi connectivity index (χ1n) is 8.67. The average molecular weight is 357 g/mol. The summed E-state index contributed by atoms with van der Waals surface area (Å²) in [6.07, 6.45) is 3.29. The number of aromatic nitrogens is 2. The molecule has 0 spiro atoms. The summed E-state index contributed by atoms with van der Waals surface area (Å²) in [7, 11) is 0. The SMILES string of the molecule is N#Cc1cccc(Nc2nccc(C(=O)NCCCc3ccccc3)n2)c1. The van der Waals surface area contributed by atoms with Gasteiger partial charge in [0, 0.05) is 18.4 Å². The lowest BCUT2D eigenvalue weighted by molar-refractivity contribution is 0.0948. The molecule has 0 bridgehead atoms. The summed E-state index contributed by atoms with van der Waals surface area (Å²) >= 11 is 0. The first kappa shape index (κ1) is 18.1. The smallest absolute Gasteiger partial charge is 0.270 e. The summed E-state index contributed by atoms with van der Waals surface area (Å²) in [5.41, 5.74) is 2.77. The number of benzene rings is 2. The van der Waals surface area contributed by atoms with Crippen LogP contribution < -0.4 is 10.6 Å². The summed E-state index contributed by atoms with van der Waals surface area (Å²) in [5, 5.41) is 14.8. The fourth-order valence-electron chi connectivity index (χ4n) is 2.57. The molecule has 0 aliphatic rings. The molecule has 0 unspecified atom stereocenters. The lowest BCUT2D eigenvalue weighted by Crippen LogP contribution is -2.26. The van der Waals surface area contributed by atoms with Gasteiger partial charge in [-0.15, -0.1) is 0 Å². The minimum Gasteiger partial charge on any atom is -0.351 e. The Morgan fingerprint density at radius 3 is 2.74 bits per heavy atom. The third kappa shape index (κ3) is 5.38. The summed E-state index contributed by atoms with van der Waals surface area (Å²) in [4.78, 5) is 20.7. The van der Waals surface area contributed by atoms with Gasteiger partial charge in [-0.25, -0.2) is 9.97 Å². The van der Waals surface area contributed by atoms with E-state index in [1.165, 1.54) is 11.8 Å². The molecule has 6 nitrogen and oxygen atoms in total. The number of hydrogen-bond acceptors (Lipinski definition) is 5. The lowest BCUT2D eigenvalue weighted by Gasteiger charge is -2.08. The molecular weight excluding hydrogens is 338 g/mol. The van der Waals surface area contributed by atoms with E-state index in [4.69, 9.17) is 5.26 Å². The summed E-state index contributed by atoms with van der Waals surface area (Å²) in [6.45, 7) is 0.574. The highest BCUT2D eigenvalue weighted by Crippen LogP contribution is 2.14. The van der Waals surface area contributed by atoms with Crippen LogP contribution in [0.3, 0.4) is 0 Å². The van der Waals surface area contributed by atoms with E-state index in [-0.39, 0.29) is 5.91 Å². The van der Waals surface area contributed by atoms with E-state index in [1.54, 1.807) is 30.3 Å². The number of nitriles is 1. The molecule has 0 atom stereocenters. The molecule has 0 radical (unpaired) electrons. The van der Waals surface area contributed by atoms with E-state index in [0.29, 0.717) is 29.4 Å². The fourth-order valence-corrected chi connectivity index (χ4v) is 2.57. The number of aryl methyl sites for hydroxylation is 1. The van der Waals surface area contributed by atoms with Crippen LogP contribution in [0.15, 0.2) is 66.9 Å². The second-order valence-corrected chi connectivity index (χ2v) is 5.93. The third-order valence-electron chi connectivity index (χ3n) is 3.91. The van der Waals surface area contributed by atoms with Crippen LogP contribution in [0.1, 0.15) is 28.0 Å². The molecular formula is C21H19N5O. The zero-order chi connectivity index (χ0) is 18.9. The van der Waals surface area contributed by atoms with Crippen LogP contribution >= 0.6 is 0 Å². The highest BCUT2D eigenvalue weighted by Gasteiger charge is 2.08. The monoisotopic (exact) mass is 357 g/mol. The van der Waals surface area contributed by atoms with Gasteiger partial charge >= 0.3 is 0 Å². The zero-order valence-corrected chi connectivity index (χ0v) is 14.7. The Bertz CT molecular complexity index is 950. The van der Waals surface area contributed by atoms with Crippen LogP contribution in [-0.4, -0.2) is 22.4 Å². The summed E-state index contributed by atoms with van der Waals surface area (Å²) < 4.78 is 0. The van der Waals surface area contributed by atoms with Crippen LogP contribution in [0.5, 0.6) is 0 Å². The second-order valence-electron chi connectivity index (χ2n) is 5.93. The van der Waals surface area contributed by atoms with Crippen molar-refractivity contribution in [1.82, 2.24) is 15.3 Å². The maximum Gasteiger partial charge on any atom is 0.270 e. The molecule has 6 heteroatoms. The third-order valence-corrected chi connectivity index (χ3v) is 3.91. The number of carbonyl (C=O) groups is 1. The van der Waals surface area contributed by atoms with Crippen molar-refractivity contribution in [3.05, 3.63) is 83.7 Å². The van der Waals surface area contributed by atoms with E-state index in [2.05, 4.69) is 38.8 Å². The van der Waals surface area contributed by atoms with Gasteiger partial charge in [-0.3, -0.25) is 4.79 Å². The second kappa shape index (κ2) is 9.11. The molecule has 3 rings (SSSR count). The van der Waals surface area contributed by atoms with Crippen molar-refractivity contribution in [1.29, 1.82) is 5.26 Å². The van der Waals surface area contributed by atoms with Crippen LogP contribution in [-0.2, 0) is 6.42 Å². The van der Waals surface area contributed by atoms with Crippen molar-refractivity contribution in [3.8, 4) is 6.07 Å². The average Bonchev–Trinajstić information content (AvgIpc) is 2.72. The van der Waals surface area contributed by atoms with Gasteiger partial charge in [0.1, 0.15) is 5.69 Å². The molecule has 0 saturated heterocycles. The van der Waals surface area contributed by atoms with Crippen LogP contribution in [0.2, 0.25) is 0 Å². The van der Waals surface area contributed by atoms with Crippen molar-refractivity contribution in [2.75, 3.05) is 11.9 Å². The van der Waals surface area contributed by atoms with Gasteiger partial charge in [0.05, 0.1) is 11.6 Å². The van der Waals surface area contributed by atoms with Crippen molar-refractivity contribution >= 4 is 17.5 Å². The van der Waals surface area contributed by atoms with Gasteiger partial charge in [-0.1, -0.05) is 36.4 Å². The molecule has 1 aromatic heterocycles. The van der Waals surface area contributed by atoms with E-state index >= 15 is 0 Å². The van der Waals surface area contributed by atoms with Gasteiger partial charge < -0.3 is 10.6 Å².